The number of aliphatic hydroxyl groups is 2. The fourth-order valence-corrected chi connectivity index (χ4v) is 7.63. The number of nitrogens with zero attached hydrogens (tertiary/aromatic N) is 1. The molecule has 0 radical (unpaired) electrons. The molecule has 1 aliphatic rings. The van der Waals surface area contributed by atoms with Crippen molar-refractivity contribution in [1.29, 1.82) is 0 Å². The molecule has 1 aliphatic carbocycles. The zero-order valence-corrected chi connectivity index (χ0v) is 36.7. The molecule has 0 saturated heterocycles. The number of likely N-dealkylation sites (N-methyl/N-ethyl adjacent to an activating group) is 1. The number of hydrogen-bond acceptors (Lipinski definition) is 11. The number of aliphatic hydroxyl groups excluding tert-OH is 2. The second-order valence-corrected chi connectivity index (χ2v) is 18.3. The summed E-state index contributed by atoms with van der Waals surface area (Å²) in [5.41, 5.74) is 0. The van der Waals surface area contributed by atoms with Gasteiger partial charge in [0.1, 0.15) is 25.5 Å². The average molecular weight is 818 g/mol. The lowest BCUT2D eigenvalue weighted by Gasteiger charge is -2.28. The van der Waals surface area contributed by atoms with Crippen LogP contribution >= 0.6 is 7.82 Å². The van der Waals surface area contributed by atoms with Gasteiger partial charge in [0, 0.05) is 31.1 Å². The predicted octanol–water partition coefficient (Wildman–Crippen LogP) is 8.14. The van der Waals surface area contributed by atoms with E-state index < -0.39 is 44.7 Å². The quantitative estimate of drug-likeness (QED) is 0.0206. The van der Waals surface area contributed by atoms with Gasteiger partial charge < -0.3 is 38.1 Å². The Kier molecular flexibility index (Phi) is 29.3. The summed E-state index contributed by atoms with van der Waals surface area (Å²) in [5.74, 6) is -1.54. The topological polar surface area (TPSA) is 169 Å². The molecule has 1 rings (SSSR count). The highest BCUT2D eigenvalue weighted by atomic mass is 31.2. The molecule has 0 heterocycles. The maximum atomic E-state index is 12.8. The number of Topliss-reactive ketones (excluding diaryl/α,β-unsaturated/α-hetero) is 1. The minimum atomic E-state index is -4.69. The van der Waals surface area contributed by atoms with Gasteiger partial charge in [-0.2, -0.15) is 0 Å². The summed E-state index contributed by atoms with van der Waals surface area (Å²) >= 11 is 0. The lowest BCUT2D eigenvalue weighted by Crippen LogP contribution is -2.37. The maximum absolute atomic E-state index is 12.8. The third kappa shape index (κ3) is 27.9. The smallest absolute Gasteiger partial charge is 0.306 e. The largest absolute Gasteiger partial charge is 0.756 e. The lowest BCUT2D eigenvalue weighted by molar-refractivity contribution is -0.870. The van der Waals surface area contributed by atoms with Gasteiger partial charge in [0.05, 0.1) is 40.0 Å². The first-order valence-electron chi connectivity index (χ1n) is 22.0. The highest BCUT2D eigenvalue weighted by Crippen LogP contribution is 2.38. The van der Waals surface area contributed by atoms with Crippen LogP contribution in [0.4, 0.5) is 0 Å². The highest BCUT2D eigenvalue weighted by molar-refractivity contribution is 7.45. The van der Waals surface area contributed by atoms with Crippen molar-refractivity contribution in [3.8, 4) is 0 Å². The summed E-state index contributed by atoms with van der Waals surface area (Å²) in [6.45, 7) is 3.84. The monoisotopic (exact) mass is 818 g/mol. The van der Waals surface area contributed by atoms with Gasteiger partial charge in [0.2, 0.25) is 0 Å². The van der Waals surface area contributed by atoms with Gasteiger partial charge in [-0.25, -0.2) is 0 Å². The Hall–Kier alpha value is -1.66. The lowest BCUT2D eigenvalue weighted by atomic mass is 9.88. The molecule has 0 bridgehead atoms. The van der Waals surface area contributed by atoms with Crippen LogP contribution < -0.4 is 4.89 Å². The van der Waals surface area contributed by atoms with Crippen LogP contribution in [-0.2, 0) is 37.5 Å². The van der Waals surface area contributed by atoms with Crippen molar-refractivity contribution in [2.75, 3.05) is 47.5 Å². The van der Waals surface area contributed by atoms with Crippen LogP contribution in [-0.4, -0.2) is 98.2 Å². The summed E-state index contributed by atoms with van der Waals surface area (Å²) in [4.78, 5) is 50.3. The molecular formula is C43H80NO11P. The van der Waals surface area contributed by atoms with E-state index in [0.29, 0.717) is 43.1 Å². The number of unbranched alkanes of at least 4 members (excludes halogenated alkanes) is 16. The van der Waals surface area contributed by atoms with E-state index >= 15 is 0 Å². The Morgan fingerprint density at radius 2 is 1.34 bits per heavy atom. The third-order valence-corrected chi connectivity index (χ3v) is 11.4. The standard InChI is InChI=1S/C43H80NO11P/c1-6-8-10-11-12-13-14-15-16-17-18-23-27-42(48)52-34-37(35-54-56(50,51)53-32-31-44(3,4)5)55-43(49)28-24-20-19-22-26-38-39(41(47)33-40(38)46)30-29-36(45)25-21-9-7-2/h29-30,36-39,41,45,47H,6-28,31-35H2,1-5H3/b30-29+/t36-,37+,38+,39+,41+/m0/s1. The van der Waals surface area contributed by atoms with E-state index in [1.54, 1.807) is 6.08 Å². The van der Waals surface area contributed by atoms with E-state index in [1.807, 2.05) is 27.2 Å². The molecule has 1 unspecified atom stereocenters. The van der Waals surface area contributed by atoms with Gasteiger partial charge in [-0.15, -0.1) is 0 Å². The zero-order valence-electron chi connectivity index (χ0n) is 35.8. The van der Waals surface area contributed by atoms with Crippen molar-refractivity contribution in [2.45, 2.75) is 186 Å². The first kappa shape index (κ1) is 52.4. The summed E-state index contributed by atoms with van der Waals surface area (Å²) in [6.07, 6.45) is 22.8. The maximum Gasteiger partial charge on any atom is 0.306 e. The molecule has 328 valence electrons. The van der Waals surface area contributed by atoms with Gasteiger partial charge >= 0.3 is 11.9 Å². The van der Waals surface area contributed by atoms with Crippen molar-refractivity contribution in [2.24, 2.45) is 11.8 Å². The number of rotatable bonds is 36. The average Bonchev–Trinajstić information content (AvgIpc) is 3.40. The van der Waals surface area contributed by atoms with E-state index in [4.69, 9.17) is 18.5 Å². The number of phosphoric ester groups is 1. The number of carbonyl (C=O) groups excluding carboxylic acids is 3. The molecule has 56 heavy (non-hydrogen) atoms. The van der Waals surface area contributed by atoms with Gasteiger partial charge in [-0.05, 0) is 25.7 Å². The second kappa shape index (κ2) is 31.3. The van der Waals surface area contributed by atoms with Gasteiger partial charge in [0.15, 0.2) is 6.10 Å². The van der Waals surface area contributed by atoms with Crippen LogP contribution in [0, 0.1) is 11.8 Å². The van der Waals surface area contributed by atoms with Gasteiger partial charge in [-0.1, -0.05) is 135 Å². The van der Waals surface area contributed by atoms with Crippen LogP contribution in [0.2, 0.25) is 0 Å². The normalized spacial score (nSPS) is 19.6. The van der Waals surface area contributed by atoms with Gasteiger partial charge in [-0.3, -0.25) is 18.9 Å². The third-order valence-electron chi connectivity index (χ3n) is 10.4. The van der Waals surface area contributed by atoms with Crippen LogP contribution in [0.1, 0.15) is 168 Å². The molecular weight excluding hydrogens is 737 g/mol. The minimum Gasteiger partial charge on any atom is -0.756 e. The first-order valence-corrected chi connectivity index (χ1v) is 23.5. The van der Waals surface area contributed by atoms with Crippen molar-refractivity contribution in [3.63, 3.8) is 0 Å². The fourth-order valence-electron chi connectivity index (χ4n) is 6.90. The SMILES string of the molecule is CCCCCCCCCCCCCCC(=O)OC[C@H](COP(=O)([O-])OCC[N+](C)(C)C)OC(=O)CCCCCC[C@H]1C(=O)C[C@@H](O)[C@@H]1/C=C/[C@@H](O)CCCCC. The number of quaternary nitrogens is 1. The molecule has 0 aromatic rings. The van der Waals surface area contributed by atoms with Crippen LogP contribution in [0.5, 0.6) is 0 Å². The molecule has 2 N–H and O–H groups in total. The number of ether oxygens (including phenoxy) is 2. The summed E-state index contributed by atoms with van der Waals surface area (Å²) in [7, 11) is 1.02. The molecule has 12 nitrogen and oxygen atoms in total. The van der Waals surface area contributed by atoms with Crippen LogP contribution in [0.25, 0.3) is 0 Å². The molecule has 0 spiro atoms. The molecule has 0 aromatic carbocycles. The Labute approximate surface area is 339 Å². The number of ketones is 1. The van der Waals surface area contributed by atoms with E-state index in [2.05, 4.69) is 13.8 Å². The molecule has 6 atom stereocenters. The molecule has 1 fully saturated rings. The molecule has 1 saturated carbocycles. The van der Waals surface area contributed by atoms with Crippen LogP contribution in [0.15, 0.2) is 12.2 Å². The van der Waals surface area contributed by atoms with Crippen molar-refractivity contribution in [1.82, 2.24) is 0 Å². The number of carbonyl (C=O) groups is 3. The summed E-state index contributed by atoms with van der Waals surface area (Å²) < 4.78 is 33.8. The Morgan fingerprint density at radius 3 is 1.93 bits per heavy atom. The molecule has 13 heteroatoms. The number of hydrogen-bond donors (Lipinski definition) is 2. The minimum absolute atomic E-state index is 0.0423. The van der Waals surface area contributed by atoms with Crippen molar-refractivity contribution in [3.05, 3.63) is 12.2 Å². The molecule has 0 aromatic heterocycles. The van der Waals surface area contributed by atoms with Gasteiger partial charge in [0.25, 0.3) is 7.82 Å². The Balaban J connectivity index is 2.49. The Morgan fingerprint density at radius 1 is 0.804 bits per heavy atom. The molecule has 0 aliphatic heterocycles. The first-order chi connectivity index (χ1) is 26.7. The van der Waals surface area contributed by atoms with Crippen molar-refractivity contribution < 1.29 is 57.1 Å². The van der Waals surface area contributed by atoms with Crippen LogP contribution in [0.3, 0.4) is 0 Å². The fraction of sp³-hybridized carbons (Fsp3) is 0.884. The zero-order chi connectivity index (χ0) is 41.7. The number of esters is 2. The van der Waals surface area contributed by atoms with E-state index in [1.165, 1.54) is 51.4 Å². The summed E-state index contributed by atoms with van der Waals surface area (Å²) in [5, 5.41) is 20.7. The van der Waals surface area contributed by atoms with E-state index in [0.717, 1.165) is 51.4 Å². The summed E-state index contributed by atoms with van der Waals surface area (Å²) in [6, 6.07) is 0. The Bertz CT molecular complexity index is 1130. The predicted molar refractivity (Wildman–Crippen MR) is 219 cm³/mol. The second-order valence-electron chi connectivity index (χ2n) is 16.8. The van der Waals surface area contributed by atoms with Crippen molar-refractivity contribution >= 4 is 25.5 Å². The molecule has 0 amide bonds. The van der Waals surface area contributed by atoms with E-state index in [-0.39, 0.29) is 50.1 Å². The highest BCUT2D eigenvalue weighted by Gasteiger charge is 2.39. The number of phosphoric acid groups is 1. The van der Waals surface area contributed by atoms with E-state index in [9.17, 15) is 34.1 Å².